The van der Waals surface area contributed by atoms with Crippen molar-refractivity contribution < 1.29 is 19.8 Å². The lowest BCUT2D eigenvalue weighted by molar-refractivity contribution is -0.140. The molecule has 0 atom stereocenters. The number of carboxylic acid groups (broad SMARTS) is 1. The summed E-state index contributed by atoms with van der Waals surface area (Å²) in [7, 11) is 1.53. The Kier molecular flexibility index (Phi) is 3.14. The lowest BCUT2D eigenvalue weighted by atomic mass is 10.1. The topological polar surface area (TPSA) is 89.9 Å². The smallest absolute Gasteiger partial charge is 0.329 e. The predicted molar refractivity (Wildman–Crippen MR) is 57.1 cm³/mol. The zero-order valence-electron chi connectivity index (χ0n) is 9.78. The van der Waals surface area contributed by atoms with Crippen molar-refractivity contribution in [3.8, 4) is 0 Å². The van der Waals surface area contributed by atoms with Crippen molar-refractivity contribution in [3.63, 3.8) is 0 Å². The van der Waals surface area contributed by atoms with E-state index in [1.54, 1.807) is 13.8 Å². The van der Waals surface area contributed by atoms with Crippen LogP contribution in [0.25, 0.3) is 0 Å². The molecule has 0 aromatic heterocycles. The second-order valence-electron chi connectivity index (χ2n) is 4.85. The summed E-state index contributed by atoms with van der Waals surface area (Å²) >= 11 is 0. The van der Waals surface area contributed by atoms with Gasteiger partial charge in [0.15, 0.2) is 0 Å². The third-order valence-corrected chi connectivity index (χ3v) is 3.11. The number of hydrogen-bond acceptors (Lipinski definition) is 3. The number of nitrogens with one attached hydrogen (secondary N) is 1. The number of carbonyl (C=O) groups excluding carboxylic acids is 1. The molecular weight excluding hydrogens is 212 g/mol. The fourth-order valence-electron chi connectivity index (χ4n) is 1.19. The molecular formula is C10H18N2O4. The molecule has 1 saturated carbocycles. The van der Waals surface area contributed by atoms with Gasteiger partial charge >= 0.3 is 12.0 Å². The molecule has 1 aliphatic rings. The minimum atomic E-state index is -1.09. The van der Waals surface area contributed by atoms with E-state index >= 15 is 0 Å². The van der Waals surface area contributed by atoms with E-state index in [9.17, 15) is 9.59 Å². The molecule has 6 heteroatoms. The summed E-state index contributed by atoms with van der Waals surface area (Å²) in [6, 6.07) is -0.473. The Labute approximate surface area is 94.2 Å². The van der Waals surface area contributed by atoms with E-state index in [-0.39, 0.29) is 6.61 Å². The van der Waals surface area contributed by atoms with Gasteiger partial charge in [0.2, 0.25) is 0 Å². The van der Waals surface area contributed by atoms with Gasteiger partial charge in [-0.1, -0.05) is 0 Å². The SMILES string of the molecule is CN(C(=O)NC1(C(=O)O)CC1)C(C)(C)CO. The number of carbonyl (C=O) groups is 2. The number of aliphatic hydroxyl groups excluding tert-OH is 1. The van der Waals surface area contributed by atoms with Crippen LogP contribution in [0.2, 0.25) is 0 Å². The molecule has 0 heterocycles. The van der Waals surface area contributed by atoms with Crippen LogP contribution in [0.3, 0.4) is 0 Å². The van der Waals surface area contributed by atoms with Crippen molar-refractivity contribution in [1.82, 2.24) is 10.2 Å². The van der Waals surface area contributed by atoms with Crippen LogP contribution in [0.5, 0.6) is 0 Å². The van der Waals surface area contributed by atoms with Crippen LogP contribution in [-0.2, 0) is 4.79 Å². The third-order valence-electron chi connectivity index (χ3n) is 3.11. The van der Waals surface area contributed by atoms with Crippen LogP contribution >= 0.6 is 0 Å². The average Bonchev–Trinajstić information content (AvgIpc) is 2.97. The van der Waals surface area contributed by atoms with Crippen molar-refractivity contribution >= 4 is 12.0 Å². The van der Waals surface area contributed by atoms with Gasteiger partial charge in [-0.2, -0.15) is 0 Å². The summed E-state index contributed by atoms with van der Waals surface area (Å²) in [5, 5.41) is 20.5. The number of nitrogens with zero attached hydrogens (tertiary/aromatic N) is 1. The van der Waals surface area contributed by atoms with Crippen molar-refractivity contribution in [1.29, 1.82) is 0 Å². The van der Waals surface area contributed by atoms with Crippen molar-refractivity contribution in [3.05, 3.63) is 0 Å². The number of hydrogen-bond donors (Lipinski definition) is 3. The van der Waals surface area contributed by atoms with Crippen LogP contribution in [-0.4, -0.2) is 51.8 Å². The summed E-state index contributed by atoms with van der Waals surface area (Å²) < 4.78 is 0. The Bertz CT molecular complexity index is 310. The normalized spacial score (nSPS) is 17.8. The maximum Gasteiger partial charge on any atom is 0.329 e. The summed E-state index contributed by atoms with van der Waals surface area (Å²) in [6.07, 6.45) is 0.920. The minimum absolute atomic E-state index is 0.184. The molecule has 0 bridgehead atoms. The zero-order valence-corrected chi connectivity index (χ0v) is 9.78. The number of aliphatic hydroxyl groups is 1. The molecule has 1 aliphatic carbocycles. The standard InChI is InChI=1S/C10H18N2O4/c1-9(2,6-13)12(3)8(16)11-10(4-5-10)7(14)15/h13H,4-6H2,1-3H3,(H,11,16)(H,14,15). The molecule has 1 rings (SSSR count). The van der Waals surface area contributed by atoms with E-state index in [4.69, 9.17) is 10.2 Å². The van der Waals surface area contributed by atoms with Crippen LogP contribution in [0, 0.1) is 0 Å². The predicted octanol–water partition coefficient (Wildman–Crippen LogP) is 0.0159. The van der Waals surface area contributed by atoms with E-state index in [0.29, 0.717) is 12.8 Å². The molecule has 0 unspecified atom stereocenters. The maximum atomic E-state index is 11.7. The van der Waals surface area contributed by atoms with Gasteiger partial charge in [0.05, 0.1) is 12.1 Å². The maximum absolute atomic E-state index is 11.7. The highest BCUT2D eigenvalue weighted by Crippen LogP contribution is 2.35. The molecule has 0 aromatic carbocycles. The second-order valence-corrected chi connectivity index (χ2v) is 4.85. The highest BCUT2D eigenvalue weighted by atomic mass is 16.4. The number of likely N-dealkylation sites (N-methyl/N-ethyl adjacent to an activating group) is 1. The van der Waals surface area contributed by atoms with Crippen LogP contribution in [0.1, 0.15) is 26.7 Å². The van der Waals surface area contributed by atoms with Crippen LogP contribution in [0.15, 0.2) is 0 Å². The summed E-state index contributed by atoms with van der Waals surface area (Å²) in [5.74, 6) is -1.00. The lowest BCUT2D eigenvalue weighted by Gasteiger charge is -2.34. The molecule has 0 saturated heterocycles. The molecule has 0 spiro atoms. The second kappa shape index (κ2) is 3.93. The number of amides is 2. The minimum Gasteiger partial charge on any atom is -0.480 e. The van der Waals surface area contributed by atoms with E-state index < -0.39 is 23.1 Å². The fourth-order valence-corrected chi connectivity index (χ4v) is 1.19. The molecule has 2 amide bonds. The van der Waals surface area contributed by atoms with Crippen LogP contribution < -0.4 is 5.32 Å². The summed E-state index contributed by atoms with van der Waals surface area (Å²) in [6.45, 7) is 3.22. The van der Waals surface area contributed by atoms with E-state index in [1.165, 1.54) is 11.9 Å². The van der Waals surface area contributed by atoms with Gasteiger partial charge in [0, 0.05) is 7.05 Å². The fraction of sp³-hybridized carbons (Fsp3) is 0.800. The Morgan fingerprint density at radius 3 is 2.25 bits per heavy atom. The average molecular weight is 230 g/mol. The first-order valence-corrected chi connectivity index (χ1v) is 5.15. The van der Waals surface area contributed by atoms with Gasteiger partial charge in [-0.3, -0.25) is 0 Å². The highest BCUT2D eigenvalue weighted by Gasteiger charge is 2.52. The first kappa shape index (κ1) is 12.8. The highest BCUT2D eigenvalue weighted by molar-refractivity contribution is 5.89. The lowest BCUT2D eigenvalue weighted by Crippen LogP contribution is -2.55. The first-order chi connectivity index (χ1) is 7.25. The molecule has 1 fully saturated rings. The molecule has 0 radical (unpaired) electrons. The van der Waals surface area contributed by atoms with Gasteiger partial charge in [-0.05, 0) is 26.7 Å². The van der Waals surface area contributed by atoms with Gasteiger partial charge < -0.3 is 20.4 Å². The summed E-state index contributed by atoms with van der Waals surface area (Å²) in [5.41, 5.74) is -1.80. The quantitative estimate of drug-likeness (QED) is 0.635. The number of aliphatic carboxylic acids is 1. The van der Waals surface area contributed by atoms with Gasteiger partial charge in [-0.15, -0.1) is 0 Å². The molecule has 0 aromatic rings. The van der Waals surface area contributed by atoms with Crippen molar-refractivity contribution in [2.45, 2.75) is 37.8 Å². The third kappa shape index (κ3) is 2.27. The Balaban J connectivity index is 2.63. The number of rotatable bonds is 4. The number of carboxylic acids is 1. The van der Waals surface area contributed by atoms with Crippen molar-refractivity contribution in [2.75, 3.05) is 13.7 Å². The molecule has 16 heavy (non-hydrogen) atoms. The molecule has 0 aliphatic heterocycles. The van der Waals surface area contributed by atoms with Gasteiger partial charge in [0.1, 0.15) is 5.54 Å². The van der Waals surface area contributed by atoms with E-state index in [1.807, 2.05) is 0 Å². The summed E-state index contributed by atoms with van der Waals surface area (Å²) in [4.78, 5) is 23.9. The Morgan fingerprint density at radius 2 is 1.94 bits per heavy atom. The molecule has 92 valence electrons. The Morgan fingerprint density at radius 1 is 1.44 bits per heavy atom. The van der Waals surface area contributed by atoms with E-state index in [0.717, 1.165) is 0 Å². The van der Waals surface area contributed by atoms with Gasteiger partial charge in [-0.25, -0.2) is 9.59 Å². The van der Waals surface area contributed by atoms with E-state index in [2.05, 4.69) is 5.32 Å². The van der Waals surface area contributed by atoms with Crippen LogP contribution in [0.4, 0.5) is 4.79 Å². The molecule has 3 N–H and O–H groups in total. The zero-order chi connectivity index (χ0) is 12.6. The largest absolute Gasteiger partial charge is 0.480 e. The first-order valence-electron chi connectivity index (χ1n) is 5.15. The Hall–Kier alpha value is -1.30. The number of urea groups is 1. The van der Waals surface area contributed by atoms with Crippen molar-refractivity contribution in [2.24, 2.45) is 0 Å². The molecule has 6 nitrogen and oxygen atoms in total. The monoisotopic (exact) mass is 230 g/mol. The van der Waals surface area contributed by atoms with Gasteiger partial charge in [0.25, 0.3) is 0 Å².